The normalized spacial score (nSPS) is 10.7. The number of nitrogens with zero attached hydrogens (tertiary/aromatic N) is 2. The Balaban J connectivity index is 1.84. The van der Waals surface area contributed by atoms with Crippen molar-refractivity contribution in [2.24, 2.45) is 5.10 Å². The summed E-state index contributed by atoms with van der Waals surface area (Å²) < 4.78 is 5.25. The number of benzene rings is 1. The van der Waals surface area contributed by atoms with Crippen LogP contribution in [0.3, 0.4) is 0 Å². The highest BCUT2D eigenvalue weighted by Crippen LogP contribution is 2.26. The molecule has 0 saturated heterocycles. The van der Waals surface area contributed by atoms with Gasteiger partial charge in [-0.05, 0) is 25.1 Å². The zero-order valence-corrected chi connectivity index (χ0v) is 13.6. The van der Waals surface area contributed by atoms with E-state index in [9.17, 15) is 14.9 Å². The molecule has 0 unspecified atom stereocenters. The SMILES string of the molecule is Cc1sc(/C=N/NC(=O)COc2cccc(Cl)c2)cc1[N+](=O)[O-]. The second kappa shape index (κ2) is 7.70. The number of hydrogen-bond acceptors (Lipinski definition) is 6. The van der Waals surface area contributed by atoms with Gasteiger partial charge in [-0.3, -0.25) is 14.9 Å². The number of nitrogens with one attached hydrogen (secondary N) is 1. The summed E-state index contributed by atoms with van der Waals surface area (Å²) in [5, 5.41) is 15.0. The van der Waals surface area contributed by atoms with Crippen LogP contribution in [0, 0.1) is 17.0 Å². The molecule has 1 N–H and O–H groups in total. The Hall–Kier alpha value is -2.45. The molecule has 9 heteroatoms. The van der Waals surface area contributed by atoms with Gasteiger partial charge in [-0.2, -0.15) is 5.10 Å². The van der Waals surface area contributed by atoms with Gasteiger partial charge in [0.1, 0.15) is 5.75 Å². The van der Waals surface area contributed by atoms with Crippen molar-refractivity contribution in [3.63, 3.8) is 0 Å². The van der Waals surface area contributed by atoms with Gasteiger partial charge in [-0.1, -0.05) is 17.7 Å². The molecule has 0 fully saturated rings. The topological polar surface area (TPSA) is 93.8 Å². The van der Waals surface area contributed by atoms with Crippen LogP contribution in [-0.4, -0.2) is 23.7 Å². The second-order valence-electron chi connectivity index (χ2n) is 4.39. The predicted octanol–water partition coefficient (Wildman–Crippen LogP) is 3.15. The minimum atomic E-state index is -0.458. The molecule has 0 atom stereocenters. The molecule has 0 spiro atoms. The molecular weight excluding hydrogens is 342 g/mol. The number of carbonyl (C=O) groups excluding carboxylic acids is 1. The van der Waals surface area contributed by atoms with Crippen LogP contribution in [0.25, 0.3) is 0 Å². The van der Waals surface area contributed by atoms with Gasteiger partial charge >= 0.3 is 0 Å². The minimum Gasteiger partial charge on any atom is -0.484 e. The third-order valence-electron chi connectivity index (χ3n) is 2.65. The first-order chi connectivity index (χ1) is 11.0. The highest BCUT2D eigenvalue weighted by Gasteiger charge is 2.14. The number of ether oxygens (including phenoxy) is 1. The molecule has 0 bridgehead atoms. The van der Waals surface area contributed by atoms with Crippen LogP contribution in [0.15, 0.2) is 35.4 Å². The first kappa shape index (κ1) is 16.9. The molecule has 2 aromatic rings. The van der Waals surface area contributed by atoms with E-state index < -0.39 is 10.8 Å². The first-order valence-corrected chi connectivity index (χ1v) is 7.60. The van der Waals surface area contributed by atoms with Crippen LogP contribution in [0.4, 0.5) is 5.69 Å². The van der Waals surface area contributed by atoms with Crippen LogP contribution in [0.1, 0.15) is 9.75 Å². The highest BCUT2D eigenvalue weighted by molar-refractivity contribution is 7.14. The number of hydrazone groups is 1. The monoisotopic (exact) mass is 353 g/mol. The summed E-state index contributed by atoms with van der Waals surface area (Å²) in [6, 6.07) is 8.07. The third-order valence-corrected chi connectivity index (χ3v) is 3.86. The van der Waals surface area contributed by atoms with Crippen molar-refractivity contribution in [1.82, 2.24) is 5.43 Å². The Bertz CT molecular complexity index is 760. The van der Waals surface area contributed by atoms with E-state index in [-0.39, 0.29) is 12.3 Å². The molecule has 0 radical (unpaired) electrons. The lowest BCUT2D eigenvalue weighted by Gasteiger charge is -2.04. The lowest BCUT2D eigenvalue weighted by Crippen LogP contribution is -2.24. The molecule has 1 aromatic heterocycles. The number of nitro groups is 1. The summed E-state index contributed by atoms with van der Waals surface area (Å²) in [5.74, 6) is 0.0186. The van der Waals surface area contributed by atoms with Crippen molar-refractivity contribution in [3.05, 3.63) is 55.2 Å². The summed E-state index contributed by atoms with van der Waals surface area (Å²) in [6.45, 7) is 1.43. The fourth-order valence-corrected chi connectivity index (χ4v) is 2.69. The number of rotatable bonds is 6. The number of hydrogen-bond donors (Lipinski definition) is 1. The number of aryl methyl sites for hydroxylation is 1. The maximum atomic E-state index is 11.6. The van der Waals surface area contributed by atoms with Gasteiger partial charge in [0, 0.05) is 11.1 Å². The second-order valence-corrected chi connectivity index (χ2v) is 6.11. The number of carbonyl (C=O) groups is 1. The predicted molar refractivity (Wildman–Crippen MR) is 88.4 cm³/mol. The van der Waals surface area contributed by atoms with E-state index in [2.05, 4.69) is 10.5 Å². The van der Waals surface area contributed by atoms with Crippen LogP contribution in [0.5, 0.6) is 5.75 Å². The van der Waals surface area contributed by atoms with Gasteiger partial charge in [-0.25, -0.2) is 5.43 Å². The molecule has 23 heavy (non-hydrogen) atoms. The van der Waals surface area contributed by atoms with Gasteiger partial charge < -0.3 is 4.74 Å². The first-order valence-electron chi connectivity index (χ1n) is 6.41. The lowest BCUT2D eigenvalue weighted by atomic mass is 10.3. The van der Waals surface area contributed by atoms with Crippen molar-refractivity contribution in [3.8, 4) is 5.75 Å². The van der Waals surface area contributed by atoms with Crippen molar-refractivity contribution in [1.29, 1.82) is 0 Å². The Kier molecular flexibility index (Phi) is 5.67. The molecule has 120 valence electrons. The van der Waals surface area contributed by atoms with Crippen molar-refractivity contribution >= 4 is 40.7 Å². The van der Waals surface area contributed by atoms with E-state index in [1.165, 1.54) is 23.6 Å². The standard InChI is InChI=1S/C14H12ClN3O4S/c1-9-13(18(20)21)6-12(23-9)7-16-17-14(19)8-22-11-4-2-3-10(15)5-11/h2-7H,8H2,1H3,(H,17,19)/b16-7+. The van der Waals surface area contributed by atoms with Gasteiger partial charge in [0.15, 0.2) is 6.61 Å². The molecular formula is C14H12ClN3O4S. The fourth-order valence-electron chi connectivity index (χ4n) is 1.65. The van der Waals surface area contributed by atoms with Gasteiger partial charge in [0.2, 0.25) is 0 Å². The number of thiophene rings is 1. The van der Waals surface area contributed by atoms with Crippen molar-refractivity contribution in [2.75, 3.05) is 6.61 Å². The van der Waals surface area contributed by atoms with Crippen LogP contribution >= 0.6 is 22.9 Å². The molecule has 0 saturated carbocycles. The number of halogens is 1. The van der Waals surface area contributed by atoms with Gasteiger partial charge in [0.05, 0.1) is 20.9 Å². The highest BCUT2D eigenvalue weighted by atomic mass is 35.5. The average molecular weight is 354 g/mol. The van der Waals surface area contributed by atoms with Crippen LogP contribution in [0.2, 0.25) is 5.02 Å². The Morgan fingerprint density at radius 1 is 1.52 bits per heavy atom. The van der Waals surface area contributed by atoms with E-state index in [1.54, 1.807) is 31.2 Å². The minimum absolute atomic E-state index is 0.0343. The average Bonchev–Trinajstić information content (AvgIpc) is 2.86. The molecule has 1 heterocycles. The summed E-state index contributed by atoms with van der Waals surface area (Å²) in [7, 11) is 0. The number of amides is 1. The fraction of sp³-hybridized carbons (Fsp3) is 0.143. The van der Waals surface area contributed by atoms with Crippen molar-refractivity contribution in [2.45, 2.75) is 6.92 Å². The van der Waals surface area contributed by atoms with E-state index in [0.717, 1.165) is 0 Å². The zero-order valence-electron chi connectivity index (χ0n) is 12.0. The van der Waals surface area contributed by atoms with Crippen molar-refractivity contribution < 1.29 is 14.5 Å². The quantitative estimate of drug-likeness (QED) is 0.490. The maximum absolute atomic E-state index is 11.6. The molecule has 7 nitrogen and oxygen atoms in total. The molecule has 0 aliphatic rings. The van der Waals surface area contributed by atoms with Crippen LogP contribution < -0.4 is 10.2 Å². The summed E-state index contributed by atoms with van der Waals surface area (Å²) in [5.41, 5.74) is 2.32. The molecule has 0 aliphatic heterocycles. The van der Waals surface area contributed by atoms with E-state index >= 15 is 0 Å². The molecule has 0 aliphatic carbocycles. The van der Waals surface area contributed by atoms with E-state index in [4.69, 9.17) is 16.3 Å². The Morgan fingerprint density at radius 2 is 2.30 bits per heavy atom. The summed E-state index contributed by atoms with van der Waals surface area (Å²) >= 11 is 7.02. The Morgan fingerprint density at radius 3 is 2.96 bits per heavy atom. The van der Waals surface area contributed by atoms with E-state index in [0.29, 0.717) is 20.5 Å². The molecule has 1 amide bonds. The maximum Gasteiger partial charge on any atom is 0.283 e. The summed E-state index contributed by atoms with van der Waals surface area (Å²) in [4.78, 5) is 23.0. The van der Waals surface area contributed by atoms with Gasteiger partial charge in [0.25, 0.3) is 11.6 Å². The van der Waals surface area contributed by atoms with Crippen LogP contribution in [-0.2, 0) is 4.79 Å². The van der Waals surface area contributed by atoms with E-state index in [1.807, 2.05) is 0 Å². The largest absolute Gasteiger partial charge is 0.484 e. The van der Waals surface area contributed by atoms with Gasteiger partial charge in [-0.15, -0.1) is 11.3 Å². The Labute approximate surface area is 140 Å². The third kappa shape index (κ3) is 5.04. The molecule has 1 aromatic carbocycles. The zero-order chi connectivity index (χ0) is 16.8. The smallest absolute Gasteiger partial charge is 0.283 e. The summed E-state index contributed by atoms with van der Waals surface area (Å²) in [6.07, 6.45) is 1.35. The lowest BCUT2D eigenvalue weighted by molar-refractivity contribution is -0.385. The molecule has 2 rings (SSSR count).